The van der Waals surface area contributed by atoms with E-state index in [0.29, 0.717) is 17.8 Å². The Kier molecular flexibility index (Phi) is 5.45. The van der Waals surface area contributed by atoms with Gasteiger partial charge in [0.1, 0.15) is 16.2 Å². The van der Waals surface area contributed by atoms with Crippen LogP contribution in [0.25, 0.3) is 20.7 Å². The zero-order valence-corrected chi connectivity index (χ0v) is 17.2. The average molecular weight is 398 g/mol. The van der Waals surface area contributed by atoms with Gasteiger partial charge in [-0.2, -0.15) is 0 Å². The van der Waals surface area contributed by atoms with Crippen LogP contribution in [0, 0.1) is 0 Å². The number of thioether (sulfide) groups is 1. The zero-order chi connectivity index (χ0) is 18.8. The maximum absolute atomic E-state index is 12.8. The molecule has 0 bridgehead atoms. The third-order valence-electron chi connectivity index (χ3n) is 5.17. The summed E-state index contributed by atoms with van der Waals surface area (Å²) in [5, 5.41) is 1.93. The van der Waals surface area contributed by atoms with Gasteiger partial charge >= 0.3 is 0 Å². The number of hydrogen-bond donors (Lipinski definition) is 0. The Bertz CT molecular complexity index is 931. The van der Waals surface area contributed by atoms with Crippen molar-refractivity contribution in [2.75, 3.05) is 5.75 Å². The summed E-state index contributed by atoms with van der Waals surface area (Å²) < 4.78 is 0. The zero-order valence-electron chi connectivity index (χ0n) is 15.6. The molecule has 2 atom stereocenters. The molecule has 0 spiro atoms. The number of likely N-dealkylation sites (tertiary alicyclic amines) is 1. The summed E-state index contributed by atoms with van der Waals surface area (Å²) in [7, 11) is 0. The molecule has 3 heterocycles. The molecule has 0 saturated carbocycles. The van der Waals surface area contributed by atoms with Crippen LogP contribution < -0.4 is 0 Å². The van der Waals surface area contributed by atoms with E-state index >= 15 is 0 Å². The summed E-state index contributed by atoms with van der Waals surface area (Å²) in [5.41, 5.74) is 1.18. The molecule has 0 N–H and O–H groups in total. The molecule has 3 aromatic rings. The lowest BCUT2D eigenvalue weighted by atomic mass is 9.98. The number of carbonyl (C=O) groups excluding carboxylic acids is 1. The van der Waals surface area contributed by atoms with Crippen LogP contribution in [0.1, 0.15) is 33.1 Å². The first-order valence-electron chi connectivity index (χ1n) is 9.37. The van der Waals surface area contributed by atoms with Crippen LogP contribution in [0.5, 0.6) is 0 Å². The number of piperidine rings is 1. The van der Waals surface area contributed by atoms with Gasteiger partial charge in [-0.25, -0.2) is 9.97 Å². The van der Waals surface area contributed by atoms with Crippen molar-refractivity contribution in [1.82, 2.24) is 14.9 Å². The molecule has 4 nitrogen and oxygen atoms in total. The Balaban J connectivity index is 1.54. The van der Waals surface area contributed by atoms with Crippen molar-refractivity contribution in [1.29, 1.82) is 0 Å². The molecule has 140 valence electrons. The van der Waals surface area contributed by atoms with E-state index in [0.717, 1.165) is 28.1 Å². The van der Waals surface area contributed by atoms with Crippen molar-refractivity contribution in [3.8, 4) is 10.4 Å². The molecule has 0 aliphatic carbocycles. The van der Waals surface area contributed by atoms with Crippen molar-refractivity contribution in [2.45, 2.75) is 50.2 Å². The fourth-order valence-electron chi connectivity index (χ4n) is 3.81. The van der Waals surface area contributed by atoms with E-state index < -0.39 is 0 Å². The van der Waals surface area contributed by atoms with Gasteiger partial charge in [-0.1, -0.05) is 42.1 Å². The van der Waals surface area contributed by atoms with E-state index in [1.807, 2.05) is 18.2 Å². The lowest BCUT2D eigenvalue weighted by molar-refractivity contribution is -0.134. The fraction of sp³-hybridized carbons (Fsp3) is 0.381. The maximum Gasteiger partial charge on any atom is 0.233 e. The fourth-order valence-corrected chi connectivity index (χ4v) is 5.72. The standard InChI is InChI=1S/C21H23N3OS2/c1-14-7-6-8-15(2)24(14)19(25)12-26-20-17-11-18(16-9-4-3-5-10-16)27-21(17)23-13-22-20/h3-5,9-11,13-15H,6-8,12H2,1-2H3/t14-,15+. The third kappa shape index (κ3) is 3.87. The molecular weight excluding hydrogens is 374 g/mol. The minimum atomic E-state index is 0.213. The molecule has 4 rings (SSSR count). The van der Waals surface area contributed by atoms with Crippen LogP contribution in [0.3, 0.4) is 0 Å². The Morgan fingerprint density at radius 2 is 1.93 bits per heavy atom. The molecule has 2 aromatic heterocycles. The lowest BCUT2D eigenvalue weighted by Gasteiger charge is -2.39. The smallest absolute Gasteiger partial charge is 0.233 e. The predicted molar refractivity (Wildman–Crippen MR) is 113 cm³/mol. The normalized spacial score (nSPS) is 20.1. The van der Waals surface area contributed by atoms with Gasteiger partial charge in [0.2, 0.25) is 5.91 Å². The highest BCUT2D eigenvalue weighted by atomic mass is 32.2. The van der Waals surface area contributed by atoms with Crippen LogP contribution in [0.2, 0.25) is 0 Å². The lowest BCUT2D eigenvalue weighted by Crippen LogP contribution is -2.48. The summed E-state index contributed by atoms with van der Waals surface area (Å²) >= 11 is 3.20. The number of hydrogen-bond acceptors (Lipinski definition) is 5. The number of amides is 1. The summed E-state index contributed by atoms with van der Waals surface area (Å²) in [6, 6.07) is 13.1. The summed E-state index contributed by atoms with van der Waals surface area (Å²) in [6.07, 6.45) is 5.02. The number of nitrogens with zero attached hydrogens (tertiary/aromatic N) is 3. The topological polar surface area (TPSA) is 46.1 Å². The number of aromatic nitrogens is 2. The Morgan fingerprint density at radius 3 is 2.67 bits per heavy atom. The first kappa shape index (κ1) is 18.4. The Hall–Kier alpha value is -1.92. The minimum absolute atomic E-state index is 0.213. The van der Waals surface area contributed by atoms with Crippen molar-refractivity contribution >= 4 is 39.2 Å². The van der Waals surface area contributed by atoms with Crippen LogP contribution in [0.15, 0.2) is 47.8 Å². The second-order valence-electron chi connectivity index (χ2n) is 7.09. The van der Waals surface area contributed by atoms with Gasteiger partial charge in [0.15, 0.2) is 0 Å². The van der Waals surface area contributed by atoms with Crippen LogP contribution >= 0.6 is 23.1 Å². The summed E-state index contributed by atoms with van der Waals surface area (Å²) in [4.78, 5) is 25.9. The highest BCUT2D eigenvalue weighted by Gasteiger charge is 2.28. The van der Waals surface area contributed by atoms with Crippen molar-refractivity contribution in [3.63, 3.8) is 0 Å². The van der Waals surface area contributed by atoms with Crippen molar-refractivity contribution in [3.05, 3.63) is 42.7 Å². The van der Waals surface area contributed by atoms with Gasteiger partial charge in [-0.05, 0) is 44.7 Å². The van der Waals surface area contributed by atoms with Crippen molar-refractivity contribution < 1.29 is 4.79 Å². The first-order chi connectivity index (χ1) is 13.1. The third-order valence-corrected chi connectivity index (χ3v) is 7.25. The van der Waals surface area contributed by atoms with Crippen LogP contribution in [0.4, 0.5) is 0 Å². The second-order valence-corrected chi connectivity index (χ2v) is 9.09. The number of carbonyl (C=O) groups is 1. The molecule has 0 unspecified atom stereocenters. The largest absolute Gasteiger partial charge is 0.337 e. The van der Waals surface area contributed by atoms with Crippen LogP contribution in [-0.4, -0.2) is 38.6 Å². The SMILES string of the molecule is C[C@@H]1CCC[C@H](C)N1C(=O)CSc1ncnc2sc(-c3ccccc3)cc12. The van der Waals surface area contributed by atoms with E-state index in [2.05, 4.69) is 46.9 Å². The van der Waals surface area contributed by atoms with Crippen molar-refractivity contribution in [2.24, 2.45) is 0 Å². The molecule has 1 fully saturated rings. The summed E-state index contributed by atoms with van der Waals surface area (Å²) in [6.45, 7) is 4.32. The monoisotopic (exact) mass is 397 g/mol. The summed E-state index contributed by atoms with van der Waals surface area (Å²) in [5.74, 6) is 0.641. The minimum Gasteiger partial charge on any atom is -0.337 e. The number of fused-ring (bicyclic) bond motifs is 1. The molecule has 0 radical (unpaired) electrons. The number of benzene rings is 1. The molecule has 6 heteroatoms. The molecule has 1 aliphatic rings. The second kappa shape index (κ2) is 7.98. The van der Waals surface area contributed by atoms with E-state index in [1.165, 1.54) is 28.6 Å². The molecular formula is C21H23N3OS2. The molecule has 1 amide bonds. The van der Waals surface area contributed by atoms with E-state index in [1.54, 1.807) is 17.7 Å². The van der Waals surface area contributed by atoms with Gasteiger partial charge in [-0.3, -0.25) is 4.79 Å². The van der Waals surface area contributed by atoms with E-state index in [9.17, 15) is 4.79 Å². The quantitative estimate of drug-likeness (QED) is 0.446. The van der Waals surface area contributed by atoms with Gasteiger partial charge in [-0.15, -0.1) is 11.3 Å². The van der Waals surface area contributed by atoms with Gasteiger partial charge in [0.05, 0.1) is 5.75 Å². The molecule has 1 aromatic carbocycles. The number of thiophene rings is 1. The Labute approximate surface area is 168 Å². The predicted octanol–water partition coefficient (Wildman–Crippen LogP) is 5.24. The van der Waals surface area contributed by atoms with Gasteiger partial charge in [0.25, 0.3) is 0 Å². The van der Waals surface area contributed by atoms with Gasteiger partial charge < -0.3 is 4.90 Å². The molecule has 27 heavy (non-hydrogen) atoms. The highest BCUT2D eigenvalue weighted by molar-refractivity contribution is 8.00. The number of rotatable bonds is 4. The maximum atomic E-state index is 12.8. The first-order valence-corrected chi connectivity index (χ1v) is 11.2. The van der Waals surface area contributed by atoms with E-state index in [-0.39, 0.29) is 5.91 Å². The Morgan fingerprint density at radius 1 is 1.19 bits per heavy atom. The molecule has 1 aliphatic heterocycles. The average Bonchev–Trinajstić information content (AvgIpc) is 3.12. The van der Waals surface area contributed by atoms with E-state index in [4.69, 9.17) is 0 Å². The van der Waals surface area contributed by atoms with Gasteiger partial charge in [0, 0.05) is 22.3 Å². The van der Waals surface area contributed by atoms with Crippen LogP contribution in [-0.2, 0) is 4.79 Å². The molecule has 1 saturated heterocycles. The highest BCUT2D eigenvalue weighted by Crippen LogP contribution is 2.36.